The molecule has 3 heteroatoms. The van der Waals surface area contributed by atoms with Crippen molar-refractivity contribution in [3.05, 3.63) is 17.5 Å². The van der Waals surface area contributed by atoms with Crippen LogP contribution in [0.1, 0.15) is 31.7 Å². The number of carbonyl (C=O) groups is 1. The van der Waals surface area contributed by atoms with Crippen molar-refractivity contribution in [3.63, 3.8) is 0 Å². The maximum Gasteiger partial charge on any atom is 0.123 e. The van der Waals surface area contributed by atoms with Gasteiger partial charge in [0.15, 0.2) is 0 Å². The highest BCUT2D eigenvalue weighted by Crippen LogP contribution is 2.15. The molecule has 0 spiro atoms. The fourth-order valence-corrected chi connectivity index (χ4v) is 1.92. The average Bonchev–Trinajstić information content (AvgIpc) is 2.43. The van der Waals surface area contributed by atoms with E-state index < -0.39 is 0 Å². The predicted octanol–water partition coefficient (Wildman–Crippen LogP) is 2.13. The molecule has 1 aromatic rings. The average molecular weight is 208 g/mol. The molecule has 15 heavy (non-hydrogen) atoms. The van der Waals surface area contributed by atoms with Gasteiger partial charge in [-0.3, -0.25) is 4.68 Å². The molecule has 0 aromatic carbocycles. The first kappa shape index (κ1) is 12.0. The largest absolute Gasteiger partial charge is 0.303 e. The first-order chi connectivity index (χ1) is 7.02. The van der Waals surface area contributed by atoms with Crippen molar-refractivity contribution in [2.24, 2.45) is 18.9 Å². The number of hydrogen-bond donors (Lipinski definition) is 0. The molecule has 0 bridgehead atoms. The van der Waals surface area contributed by atoms with Crippen molar-refractivity contribution >= 4 is 6.29 Å². The molecule has 0 N–H and O–H groups in total. The molecular weight excluding hydrogens is 188 g/mol. The summed E-state index contributed by atoms with van der Waals surface area (Å²) in [5.74, 6) is 0.689. The van der Waals surface area contributed by atoms with Crippen molar-refractivity contribution in [3.8, 4) is 0 Å². The summed E-state index contributed by atoms with van der Waals surface area (Å²) < 4.78 is 1.87. The van der Waals surface area contributed by atoms with Gasteiger partial charge in [-0.1, -0.05) is 13.8 Å². The van der Waals surface area contributed by atoms with Gasteiger partial charge in [-0.05, 0) is 31.7 Å². The molecule has 1 aromatic heterocycles. The zero-order valence-electron chi connectivity index (χ0n) is 10.0. The number of aldehydes is 1. The van der Waals surface area contributed by atoms with Crippen LogP contribution in [0.15, 0.2) is 6.07 Å². The van der Waals surface area contributed by atoms with E-state index in [1.807, 2.05) is 18.7 Å². The summed E-state index contributed by atoms with van der Waals surface area (Å²) in [5.41, 5.74) is 2.16. The van der Waals surface area contributed by atoms with Gasteiger partial charge in [0, 0.05) is 18.7 Å². The van der Waals surface area contributed by atoms with E-state index in [0.29, 0.717) is 5.92 Å². The van der Waals surface area contributed by atoms with Crippen LogP contribution in [0.25, 0.3) is 0 Å². The van der Waals surface area contributed by atoms with Gasteiger partial charge >= 0.3 is 0 Å². The van der Waals surface area contributed by atoms with Crippen molar-refractivity contribution in [2.45, 2.75) is 33.6 Å². The summed E-state index contributed by atoms with van der Waals surface area (Å²) in [7, 11) is 1.93. The zero-order valence-corrected chi connectivity index (χ0v) is 10.0. The van der Waals surface area contributed by atoms with E-state index in [0.717, 1.165) is 30.5 Å². The van der Waals surface area contributed by atoms with Crippen LogP contribution in [-0.2, 0) is 18.3 Å². The van der Waals surface area contributed by atoms with Crippen molar-refractivity contribution in [2.75, 3.05) is 0 Å². The molecule has 84 valence electrons. The molecule has 0 saturated heterocycles. The second-order valence-electron chi connectivity index (χ2n) is 4.63. The molecule has 3 nitrogen and oxygen atoms in total. The highest BCUT2D eigenvalue weighted by molar-refractivity contribution is 5.54. The number of aryl methyl sites for hydroxylation is 2. The Bertz CT molecular complexity index is 328. The predicted molar refractivity (Wildman–Crippen MR) is 60.7 cm³/mol. The highest BCUT2D eigenvalue weighted by Gasteiger charge is 2.13. The molecule has 0 aliphatic heterocycles. The Morgan fingerprint density at radius 1 is 1.53 bits per heavy atom. The van der Waals surface area contributed by atoms with Gasteiger partial charge < -0.3 is 4.79 Å². The van der Waals surface area contributed by atoms with E-state index in [1.165, 1.54) is 0 Å². The fourth-order valence-electron chi connectivity index (χ4n) is 1.92. The summed E-state index contributed by atoms with van der Waals surface area (Å²) in [6, 6.07) is 2.05. The van der Waals surface area contributed by atoms with Crippen LogP contribution in [0.2, 0.25) is 0 Å². The topological polar surface area (TPSA) is 34.9 Å². The lowest BCUT2D eigenvalue weighted by Crippen LogP contribution is -2.12. The lowest BCUT2D eigenvalue weighted by molar-refractivity contribution is -0.111. The normalized spacial score (nSPS) is 13.1. The van der Waals surface area contributed by atoms with E-state index in [9.17, 15) is 4.79 Å². The quantitative estimate of drug-likeness (QED) is 0.695. The number of rotatable bonds is 5. The summed E-state index contributed by atoms with van der Waals surface area (Å²) >= 11 is 0. The molecule has 1 heterocycles. The second-order valence-corrected chi connectivity index (χ2v) is 4.63. The van der Waals surface area contributed by atoms with Crippen LogP contribution in [0.4, 0.5) is 0 Å². The number of nitrogens with zero attached hydrogens (tertiary/aromatic N) is 2. The molecule has 0 aliphatic rings. The van der Waals surface area contributed by atoms with Crippen LogP contribution in [0.5, 0.6) is 0 Å². The van der Waals surface area contributed by atoms with Gasteiger partial charge in [0.25, 0.3) is 0 Å². The minimum absolute atomic E-state index is 0.125. The van der Waals surface area contributed by atoms with Crippen molar-refractivity contribution < 1.29 is 4.79 Å². The Labute approximate surface area is 91.5 Å². The summed E-state index contributed by atoms with van der Waals surface area (Å²) in [5, 5.41) is 4.28. The third kappa shape index (κ3) is 3.50. The monoisotopic (exact) mass is 208 g/mol. The van der Waals surface area contributed by atoms with E-state index >= 15 is 0 Å². The standard InChI is InChI=1S/C12H20N2O/c1-9(2)5-11(8-15)7-12-6-10(3)13-14(12)4/h6,8-9,11H,5,7H2,1-4H3. The second kappa shape index (κ2) is 5.10. The van der Waals surface area contributed by atoms with Crippen LogP contribution in [0, 0.1) is 18.8 Å². The van der Waals surface area contributed by atoms with Gasteiger partial charge in [-0.2, -0.15) is 5.10 Å². The van der Waals surface area contributed by atoms with Gasteiger partial charge in [-0.15, -0.1) is 0 Å². The third-order valence-electron chi connectivity index (χ3n) is 2.54. The molecule has 0 amide bonds. The van der Waals surface area contributed by atoms with E-state index in [1.54, 1.807) is 0 Å². The minimum Gasteiger partial charge on any atom is -0.303 e. The lowest BCUT2D eigenvalue weighted by atomic mass is 9.94. The first-order valence-corrected chi connectivity index (χ1v) is 5.47. The van der Waals surface area contributed by atoms with E-state index in [2.05, 4.69) is 25.0 Å². The molecule has 1 atom stereocenters. The molecule has 0 aliphatic carbocycles. The Balaban J connectivity index is 2.66. The summed E-state index contributed by atoms with van der Waals surface area (Å²) in [6.07, 6.45) is 2.83. The number of carbonyl (C=O) groups excluding carboxylic acids is 1. The van der Waals surface area contributed by atoms with Crippen LogP contribution >= 0.6 is 0 Å². The van der Waals surface area contributed by atoms with Crippen LogP contribution in [0.3, 0.4) is 0 Å². The molecule has 0 fully saturated rings. The summed E-state index contributed by atoms with van der Waals surface area (Å²) in [4.78, 5) is 10.9. The molecule has 1 unspecified atom stereocenters. The number of aromatic nitrogens is 2. The van der Waals surface area contributed by atoms with E-state index in [-0.39, 0.29) is 5.92 Å². The van der Waals surface area contributed by atoms with Gasteiger partial charge in [0.1, 0.15) is 6.29 Å². The minimum atomic E-state index is 0.125. The lowest BCUT2D eigenvalue weighted by Gasteiger charge is -2.12. The smallest absolute Gasteiger partial charge is 0.123 e. The van der Waals surface area contributed by atoms with Crippen LogP contribution in [-0.4, -0.2) is 16.1 Å². The van der Waals surface area contributed by atoms with Crippen molar-refractivity contribution in [1.82, 2.24) is 9.78 Å². The molecular formula is C12H20N2O. The van der Waals surface area contributed by atoms with Crippen molar-refractivity contribution in [1.29, 1.82) is 0 Å². The Kier molecular flexibility index (Phi) is 4.06. The fraction of sp³-hybridized carbons (Fsp3) is 0.667. The Morgan fingerprint density at radius 3 is 2.60 bits per heavy atom. The molecule has 0 radical (unpaired) electrons. The Morgan fingerprint density at radius 2 is 2.20 bits per heavy atom. The first-order valence-electron chi connectivity index (χ1n) is 5.47. The van der Waals surface area contributed by atoms with Gasteiger partial charge in [0.05, 0.1) is 5.69 Å². The van der Waals surface area contributed by atoms with Gasteiger partial charge in [-0.25, -0.2) is 0 Å². The number of hydrogen-bond acceptors (Lipinski definition) is 2. The van der Waals surface area contributed by atoms with Gasteiger partial charge in [0.2, 0.25) is 0 Å². The highest BCUT2D eigenvalue weighted by atomic mass is 16.1. The maximum atomic E-state index is 10.9. The third-order valence-corrected chi connectivity index (χ3v) is 2.54. The SMILES string of the molecule is Cc1cc(CC(C=O)CC(C)C)n(C)n1. The maximum absolute atomic E-state index is 10.9. The summed E-state index contributed by atoms with van der Waals surface area (Å²) in [6.45, 7) is 6.26. The Hall–Kier alpha value is -1.12. The zero-order chi connectivity index (χ0) is 11.4. The molecule has 1 rings (SSSR count). The van der Waals surface area contributed by atoms with E-state index in [4.69, 9.17) is 0 Å². The van der Waals surface area contributed by atoms with Crippen LogP contribution < -0.4 is 0 Å². The molecule has 0 saturated carbocycles.